The molecule has 1 amide bonds. The van der Waals surface area contributed by atoms with Crippen molar-refractivity contribution in [1.82, 2.24) is 20.4 Å². The maximum atomic E-state index is 11.9. The molecule has 1 aromatic carbocycles. The van der Waals surface area contributed by atoms with E-state index in [1.54, 1.807) is 18.2 Å². The summed E-state index contributed by atoms with van der Waals surface area (Å²) in [5, 5.41) is 21.8. The number of aromatic amines is 2. The Balaban J connectivity index is 1.84. The second-order valence-corrected chi connectivity index (χ2v) is 3.90. The predicted molar refractivity (Wildman–Crippen MR) is 67.3 cm³/mol. The molecule has 0 fully saturated rings. The minimum absolute atomic E-state index is 0.315. The smallest absolute Gasteiger partial charge is 0.272 e. The molecular weight excluding hydrogens is 244 g/mol. The molecule has 0 unspecified atom stereocenters. The molecule has 0 saturated carbocycles. The van der Waals surface area contributed by atoms with Gasteiger partial charge in [0.25, 0.3) is 5.91 Å². The third kappa shape index (κ3) is 2.02. The lowest BCUT2D eigenvalue weighted by Gasteiger charge is -2.02. The van der Waals surface area contributed by atoms with Crippen molar-refractivity contribution < 1.29 is 4.79 Å². The van der Waals surface area contributed by atoms with Crippen LogP contribution >= 0.6 is 0 Å². The fourth-order valence-electron chi connectivity index (χ4n) is 1.71. The van der Waals surface area contributed by atoms with E-state index >= 15 is 0 Å². The lowest BCUT2D eigenvalue weighted by Crippen LogP contribution is -2.12. The molecule has 0 radical (unpaired) electrons. The first-order chi connectivity index (χ1) is 9.26. The average Bonchev–Trinajstić information content (AvgIpc) is 3.06. The Kier molecular flexibility index (Phi) is 2.47. The Morgan fingerprint density at radius 3 is 2.89 bits per heavy atom. The van der Waals surface area contributed by atoms with E-state index in [9.17, 15) is 4.79 Å². The summed E-state index contributed by atoms with van der Waals surface area (Å²) in [5.74, 6) is -0.315. The summed E-state index contributed by atoms with van der Waals surface area (Å²) >= 11 is 0. The SMILES string of the molecule is N#Cc1c[nH]c(C(=O)Nc2ccc3n[nH]nc3c2)c1. The van der Waals surface area contributed by atoms with Gasteiger partial charge in [0.2, 0.25) is 0 Å². The van der Waals surface area contributed by atoms with Gasteiger partial charge < -0.3 is 10.3 Å². The Labute approximate surface area is 107 Å². The first kappa shape index (κ1) is 11.0. The largest absolute Gasteiger partial charge is 0.356 e. The molecule has 0 saturated heterocycles. The van der Waals surface area contributed by atoms with Gasteiger partial charge >= 0.3 is 0 Å². The Morgan fingerprint density at radius 2 is 2.11 bits per heavy atom. The zero-order chi connectivity index (χ0) is 13.2. The highest BCUT2D eigenvalue weighted by Crippen LogP contribution is 2.15. The van der Waals surface area contributed by atoms with Crippen LogP contribution in [0.2, 0.25) is 0 Å². The number of H-pyrrole nitrogens is 2. The van der Waals surface area contributed by atoms with Crippen LogP contribution in [-0.2, 0) is 0 Å². The molecule has 2 aromatic heterocycles. The number of rotatable bonds is 2. The summed E-state index contributed by atoms with van der Waals surface area (Å²) < 4.78 is 0. The number of fused-ring (bicyclic) bond motifs is 1. The summed E-state index contributed by atoms with van der Waals surface area (Å²) in [4.78, 5) is 14.7. The number of aromatic nitrogens is 4. The molecule has 7 nitrogen and oxygen atoms in total. The van der Waals surface area contributed by atoms with Gasteiger partial charge in [-0.1, -0.05) is 0 Å². The van der Waals surface area contributed by atoms with Gasteiger partial charge in [-0.15, -0.1) is 0 Å². The highest BCUT2D eigenvalue weighted by molar-refractivity contribution is 6.03. The molecule has 0 spiro atoms. The standard InChI is InChI=1S/C12H8N6O/c13-5-7-3-11(14-6-7)12(19)15-8-1-2-9-10(4-8)17-18-16-9/h1-4,6,14H,(H,15,19)(H,16,17,18). The topological polar surface area (TPSA) is 110 Å². The van der Waals surface area contributed by atoms with Crippen LogP contribution in [0.1, 0.15) is 16.1 Å². The van der Waals surface area contributed by atoms with E-state index in [2.05, 4.69) is 25.7 Å². The highest BCUT2D eigenvalue weighted by Gasteiger charge is 2.09. The highest BCUT2D eigenvalue weighted by atomic mass is 16.1. The van der Waals surface area contributed by atoms with Crippen LogP contribution in [-0.4, -0.2) is 26.3 Å². The first-order valence-electron chi connectivity index (χ1n) is 5.46. The van der Waals surface area contributed by atoms with Crippen molar-refractivity contribution in [3.8, 4) is 6.07 Å². The minimum atomic E-state index is -0.315. The number of hydrogen-bond acceptors (Lipinski definition) is 4. The van der Waals surface area contributed by atoms with Crippen molar-refractivity contribution >= 4 is 22.6 Å². The number of nitrogens with zero attached hydrogens (tertiary/aromatic N) is 3. The van der Waals surface area contributed by atoms with Gasteiger partial charge in [-0.05, 0) is 24.3 Å². The number of carbonyl (C=O) groups excluding carboxylic acids is 1. The van der Waals surface area contributed by atoms with Crippen molar-refractivity contribution in [2.75, 3.05) is 5.32 Å². The molecule has 0 atom stereocenters. The molecule has 2 heterocycles. The minimum Gasteiger partial charge on any atom is -0.356 e. The van der Waals surface area contributed by atoms with Gasteiger partial charge in [0, 0.05) is 11.9 Å². The molecule has 0 aliphatic rings. The van der Waals surface area contributed by atoms with Crippen LogP contribution in [0.3, 0.4) is 0 Å². The second kappa shape index (κ2) is 4.27. The van der Waals surface area contributed by atoms with Gasteiger partial charge in [0.05, 0.1) is 5.56 Å². The fourth-order valence-corrected chi connectivity index (χ4v) is 1.71. The molecular formula is C12H8N6O. The molecule has 19 heavy (non-hydrogen) atoms. The van der Waals surface area contributed by atoms with Crippen molar-refractivity contribution in [2.45, 2.75) is 0 Å². The van der Waals surface area contributed by atoms with E-state index in [0.717, 1.165) is 5.52 Å². The maximum Gasteiger partial charge on any atom is 0.272 e. The summed E-state index contributed by atoms with van der Waals surface area (Å²) in [6.07, 6.45) is 1.48. The van der Waals surface area contributed by atoms with E-state index in [-0.39, 0.29) is 5.91 Å². The molecule has 3 aromatic rings. The van der Waals surface area contributed by atoms with Crippen LogP contribution in [0.4, 0.5) is 5.69 Å². The molecule has 3 N–H and O–H groups in total. The zero-order valence-electron chi connectivity index (χ0n) is 9.64. The van der Waals surface area contributed by atoms with Gasteiger partial charge in [-0.2, -0.15) is 20.7 Å². The molecule has 3 rings (SSSR count). The van der Waals surface area contributed by atoms with E-state index in [1.807, 2.05) is 6.07 Å². The maximum absolute atomic E-state index is 11.9. The summed E-state index contributed by atoms with van der Waals surface area (Å²) in [6.45, 7) is 0. The zero-order valence-corrected chi connectivity index (χ0v) is 9.64. The third-order valence-electron chi connectivity index (χ3n) is 2.63. The van der Waals surface area contributed by atoms with Crippen molar-refractivity contribution in [3.63, 3.8) is 0 Å². The van der Waals surface area contributed by atoms with Crippen LogP contribution in [0, 0.1) is 11.3 Å². The Bertz CT molecular complexity index is 794. The third-order valence-corrected chi connectivity index (χ3v) is 2.63. The summed E-state index contributed by atoms with van der Waals surface area (Å²) in [7, 11) is 0. The molecule has 0 bridgehead atoms. The van der Waals surface area contributed by atoms with Gasteiger partial charge in [0.15, 0.2) is 0 Å². The van der Waals surface area contributed by atoms with Gasteiger partial charge in [-0.3, -0.25) is 4.79 Å². The quantitative estimate of drug-likeness (QED) is 0.640. The second-order valence-electron chi connectivity index (χ2n) is 3.90. The number of anilines is 1. The van der Waals surface area contributed by atoms with E-state index in [1.165, 1.54) is 12.3 Å². The number of carbonyl (C=O) groups is 1. The average molecular weight is 252 g/mol. The van der Waals surface area contributed by atoms with Crippen LogP contribution in [0.25, 0.3) is 11.0 Å². The number of nitrogens with one attached hydrogen (secondary N) is 3. The Hall–Kier alpha value is -3.14. The number of nitriles is 1. The van der Waals surface area contributed by atoms with Crippen LogP contribution in [0.15, 0.2) is 30.5 Å². The van der Waals surface area contributed by atoms with Gasteiger partial charge in [0.1, 0.15) is 22.8 Å². The Morgan fingerprint density at radius 1 is 1.26 bits per heavy atom. The monoisotopic (exact) mass is 252 g/mol. The van der Waals surface area contributed by atoms with Crippen molar-refractivity contribution in [1.29, 1.82) is 5.26 Å². The number of benzene rings is 1. The molecule has 0 aliphatic carbocycles. The molecule has 92 valence electrons. The molecule has 7 heteroatoms. The van der Waals surface area contributed by atoms with Crippen molar-refractivity contribution in [3.05, 3.63) is 41.7 Å². The lowest BCUT2D eigenvalue weighted by molar-refractivity contribution is 0.102. The van der Waals surface area contributed by atoms with Crippen LogP contribution < -0.4 is 5.32 Å². The van der Waals surface area contributed by atoms with Crippen molar-refractivity contribution in [2.24, 2.45) is 0 Å². The number of hydrogen-bond donors (Lipinski definition) is 3. The van der Waals surface area contributed by atoms with Crippen LogP contribution in [0.5, 0.6) is 0 Å². The molecule has 0 aliphatic heterocycles. The fraction of sp³-hybridized carbons (Fsp3) is 0. The normalized spacial score (nSPS) is 10.3. The summed E-state index contributed by atoms with van der Waals surface area (Å²) in [6, 6.07) is 8.64. The number of amides is 1. The lowest BCUT2D eigenvalue weighted by atomic mass is 10.2. The van der Waals surface area contributed by atoms with E-state index < -0.39 is 0 Å². The van der Waals surface area contributed by atoms with E-state index in [0.29, 0.717) is 22.5 Å². The van der Waals surface area contributed by atoms with Gasteiger partial charge in [-0.25, -0.2) is 0 Å². The summed E-state index contributed by atoms with van der Waals surface area (Å²) in [5.41, 5.74) is 2.75. The predicted octanol–water partition coefficient (Wildman–Crippen LogP) is 1.41. The van der Waals surface area contributed by atoms with E-state index in [4.69, 9.17) is 5.26 Å². The first-order valence-corrected chi connectivity index (χ1v) is 5.46.